The van der Waals surface area contributed by atoms with Crippen LogP contribution in [0.25, 0.3) is 0 Å². The van der Waals surface area contributed by atoms with Gasteiger partial charge in [0.05, 0.1) is 7.11 Å². The van der Waals surface area contributed by atoms with E-state index in [2.05, 4.69) is 34.0 Å². The molecule has 19 heavy (non-hydrogen) atoms. The Morgan fingerprint density at radius 3 is 2.53 bits per heavy atom. The molecule has 0 spiro atoms. The Labute approximate surface area is 115 Å². The molecule has 0 aliphatic heterocycles. The van der Waals surface area contributed by atoms with E-state index in [1.807, 2.05) is 0 Å². The SMILES string of the molecule is CCN(CC)CCNc1cc(OC)nc(COC)n1. The molecule has 0 aromatic carbocycles. The fraction of sp³-hybridized carbons (Fsp3) is 0.692. The number of nitrogens with zero attached hydrogens (tertiary/aromatic N) is 3. The molecule has 0 atom stereocenters. The second-order valence-corrected chi connectivity index (χ2v) is 4.10. The molecule has 0 aliphatic rings. The molecule has 1 aromatic heterocycles. The summed E-state index contributed by atoms with van der Waals surface area (Å²) >= 11 is 0. The van der Waals surface area contributed by atoms with Crippen LogP contribution in [0.5, 0.6) is 5.88 Å². The van der Waals surface area contributed by atoms with E-state index in [1.54, 1.807) is 20.3 Å². The Balaban J connectivity index is 2.58. The molecule has 6 nitrogen and oxygen atoms in total. The van der Waals surface area contributed by atoms with Gasteiger partial charge in [0.15, 0.2) is 5.82 Å². The van der Waals surface area contributed by atoms with Crippen molar-refractivity contribution in [3.63, 3.8) is 0 Å². The first-order valence-corrected chi connectivity index (χ1v) is 6.60. The summed E-state index contributed by atoms with van der Waals surface area (Å²) in [4.78, 5) is 10.9. The standard InChI is InChI=1S/C13H24N4O2/c1-5-17(6-2)8-7-14-11-9-13(19-4)16-12(15-11)10-18-3/h9H,5-8,10H2,1-4H3,(H,14,15,16). The van der Waals surface area contributed by atoms with E-state index >= 15 is 0 Å². The fourth-order valence-electron chi connectivity index (χ4n) is 1.74. The molecule has 0 amide bonds. The Bertz CT molecular complexity index is 370. The van der Waals surface area contributed by atoms with Crippen LogP contribution in [0.15, 0.2) is 6.07 Å². The van der Waals surface area contributed by atoms with Crippen molar-refractivity contribution in [1.82, 2.24) is 14.9 Å². The van der Waals surface area contributed by atoms with Gasteiger partial charge in [0.2, 0.25) is 5.88 Å². The number of anilines is 1. The molecule has 0 unspecified atom stereocenters. The van der Waals surface area contributed by atoms with Crippen LogP contribution in [-0.4, -0.2) is 55.3 Å². The molecular formula is C13H24N4O2. The lowest BCUT2D eigenvalue weighted by Crippen LogP contribution is -2.28. The summed E-state index contributed by atoms with van der Waals surface area (Å²) in [6.07, 6.45) is 0. The van der Waals surface area contributed by atoms with Crippen LogP contribution in [0, 0.1) is 0 Å². The van der Waals surface area contributed by atoms with Crippen LogP contribution >= 0.6 is 0 Å². The molecule has 1 aromatic rings. The average Bonchev–Trinajstić information content (AvgIpc) is 2.43. The smallest absolute Gasteiger partial charge is 0.218 e. The van der Waals surface area contributed by atoms with Gasteiger partial charge >= 0.3 is 0 Å². The van der Waals surface area contributed by atoms with E-state index in [4.69, 9.17) is 9.47 Å². The predicted octanol–water partition coefficient (Wildman–Crippen LogP) is 1.39. The Hall–Kier alpha value is -1.40. The summed E-state index contributed by atoms with van der Waals surface area (Å²) in [7, 11) is 3.22. The first-order valence-electron chi connectivity index (χ1n) is 6.60. The second-order valence-electron chi connectivity index (χ2n) is 4.10. The van der Waals surface area contributed by atoms with Gasteiger partial charge in [-0.05, 0) is 13.1 Å². The molecule has 6 heteroatoms. The van der Waals surface area contributed by atoms with Crippen LogP contribution in [-0.2, 0) is 11.3 Å². The fourth-order valence-corrected chi connectivity index (χ4v) is 1.74. The van der Waals surface area contributed by atoms with Crippen LogP contribution in [0.3, 0.4) is 0 Å². The number of hydrogen-bond donors (Lipinski definition) is 1. The maximum absolute atomic E-state index is 5.15. The molecule has 1 rings (SSSR count). The molecule has 0 bridgehead atoms. The van der Waals surface area contributed by atoms with Crippen molar-refractivity contribution < 1.29 is 9.47 Å². The lowest BCUT2D eigenvalue weighted by Gasteiger charge is -2.18. The van der Waals surface area contributed by atoms with Crippen LogP contribution < -0.4 is 10.1 Å². The molecule has 0 aliphatic carbocycles. The minimum Gasteiger partial charge on any atom is -0.481 e. The zero-order valence-electron chi connectivity index (χ0n) is 12.3. The summed E-state index contributed by atoms with van der Waals surface area (Å²) < 4.78 is 10.2. The highest BCUT2D eigenvalue weighted by atomic mass is 16.5. The van der Waals surface area contributed by atoms with Crippen molar-refractivity contribution in [3.05, 3.63) is 11.9 Å². The zero-order valence-corrected chi connectivity index (χ0v) is 12.3. The van der Waals surface area contributed by atoms with Gasteiger partial charge in [0, 0.05) is 26.3 Å². The number of hydrogen-bond acceptors (Lipinski definition) is 6. The molecule has 108 valence electrons. The van der Waals surface area contributed by atoms with E-state index in [9.17, 15) is 0 Å². The number of nitrogens with one attached hydrogen (secondary N) is 1. The van der Waals surface area contributed by atoms with Gasteiger partial charge in [0.1, 0.15) is 12.4 Å². The second kappa shape index (κ2) is 8.66. The largest absolute Gasteiger partial charge is 0.481 e. The van der Waals surface area contributed by atoms with Crippen molar-refractivity contribution in [2.45, 2.75) is 20.5 Å². The summed E-state index contributed by atoms with van der Waals surface area (Å²) in [6, 6.07) is 1.79. The zero-order chi connectivity index (χ0) is 14.1. The lowest BCUT2D eigenvalue weighted by atomic mass is 10.4. The van der Waals surface area contributed by atoms with Gasteiger partial charge in [-0.1, -0.05) is 13.8 Å². The van der Waals surface area contributed by atoms with Gasteiger partial charge in [0.25, 0.3) is 0 Å². The number of methoxy groups -OCH3 is 2. The maximum atomic E-state index is 5.15. The van der Waals surface area contributed by atoms with Crippen LogP contribution in [0.1, 0.15) is 19.7 Å². The molecule has 1 N–H and O–H groups in total. The molecular weight excluding hydrogens is 244 g/mol. The highest BCUT2D eigenvalue weighted by Gasteiger charge is 2.05. The topological polar surface area (TPSA) is 59.5 Å². The number of likely N-dealkylation sites (N-methyl/N-ethyl adjacent to an activating group) is 1. The van der Waals surface area contributed by atoms with Crippen molar-refractivity contribution in [1.29, 1.82) is 0 Å². The van der Waals surface area contributed by atoms with Gasteiger partial charge in [-0.25, -0.2) is 4.98 Å². The van der Waals surface area contributed by atoms with Crippen molar-refractivity contribution in [2.24, 2.45) is 0 Å². The summed E-state index contributed by atoms with van der Waals surface area (Å²) in [5.41, 5.74) is 0. The third-order valence-corrected chi connectivity index (χ3v) is 2.86. The first-order chi connectivity index (χ1) is 9.23. The molecule has 1 heterocycles. The average molecular weight is 268 g/mol. The number of rotatable bonds is 9. The van der Waals surface area contributed by atoms with Gasteiger partial charge in [-0.2, -0.15) is 4.98 Å². The highest BCUT2D eigenvalue weighted by molar-refractivity contribution is 5.38. The van der Waals surface area contributed by atoms with Gasteiger partial charge < -0.3 is 19.7 Å². The molecule has 0 saturated carbocycles. The third-order valence-electron chi connectivity index (χ3n) is 2.86. The summed E-state index contributed by atoms with van der Waals surface area (Å²) in [5.74, 6) is 1.94. The third kappa shape index (κ3) is 5.40. The van der Waals surface area contributed by atoms with Crippen molar-refractivity contribution in [3.8, 4) is 5.88 Å². The Morgan fingerprint density at radius 1 is 1.21 bits per heavy atom. The van der Waals surface area contributed by atoms with E-state index in [1.165, 1.54) is 0 Å². The minimum absolute atomic E-state index is 0.377. The molecule has 0 radical (unpaired) electrons. The molecule has 0 fully saturated rings. The van der Waals surface area contributed by atoms with Crippen LogP contribution in [0.4, 0.5) is 5.82 Å². The quantitative estimate of drug-likeness (QED) is 0.730. The first kappa shape index (κ1) is 15.7. The number of aromatic nitrogens is 2. The summed E-state index contributed by atoms with van der Waals surface area (Å²) in [6.45, 7) is 8.64. The molecule has 0 saturated heterocycles. The Kier molecular flexibility index (Phi) is 7.14. The number of ether oxygens (including phenoxy) is 2. The van der Waals surface area contributed by atoms with Gasteiger partial charge in [-0.3, -0.25) is 0 Å². The maximum Gasteiger partial charge on any atom is 0.218 e. The van der Waals surface area contributed by atoms with Gasteiger partial charge in [-0.15, -0.1) is 0 Å². The minimum atomic E-state index is 0.377. The highest BCUT2D eigenvalue weighted by Crippen LogP contribution is 2.13. The predicted molar refractivity (Wildman–Crippen MR) is 75.6 cm³/mol. The summed E-state index contributed by atoms with van der Waals surface area (Å²) in [5, 5.41) is 3.29. The Morgan fingerprint density at radius 2 is 1.95 bits per heavy atom. The van der Waals surface area contributed by atoms with Crippen LogP contribution in [0.2, 0.25) is 0 Å². The van der Waals surface area contributed by atoms with Crippen molar-refractivity contribution in [2.75, 3.05) is 45.7 Å². The lowest BCUT2D eigenvalue weighted by molar-refractivity contribution is 0.177. The van der Waals surface area contributed by atoms with E-state index in [0.717, 1.165) is 32.0 Å². The van der Waals surface area contributed by atoms with E-state index < -0.39 is 0 Å². The van der Waals surface area contributed by atoms with E-state index in [0.29, 0.717) is 18.3 Å². The van der Waals surface area contributed by atoms with E-state index in [-0.39, 0.29) is 0 Å². The monoisotopic (exact) mass is 268 g/mol. The normalized spacial score (nSPS) is 10.8. The van der Waals surface area contributed by atoms with Crippen molar-refractivity contribution >= 4 is 5.82 Å².